The second-order valence-corrected chi connectivity index (χ2v) is 7.16. The Hall–Kier alpha value is -1.83. The highest BCUT2D eigenvalue weighted by Crippen LogP contribution is 2.28. The molecule has 0 aliphatic carbocycles. The summed E-state index contributed by atoms with van der Waals surface area (Å²) in [6, 6.07) is 5.94. The highest BCUT2D eigenvalue weighted by molar-refractivity contribution is 5.77. The Bertz CT molecular complexity index is 591. The molecule has 0 radical (unpaired) electrons. The van der Waals surface area contributed by atoms with Crippen molar-refractivity contribution in [3.63, 3.8) is 0 Å². The molecule has 1 heterocycles. The Morgan fingerprint density at radius 3 is 2.79 bits per heavy atom. The molecule has 1 aliphatic heterocycles. The van der Waals surface area contributed by atoms with E-state index in [4.69, 9.17) is 14.2 Å². The molecule has 0 saturated carbocycles. The highest BCUT2D eigenvalue weighted by Gasteiger charge is 2.12. The Kier molecular flexibility index (Phi) is 10.1. The largest absolute Gasteiger partial charge is 0.493 e. The van der Waals surface area contributed by atoms with E-state index in [9.17, 15) is 4.79 Å². The lowest BCUT2D eigenvalue weighted by molar-refractivity contribution is -0.122. The predicted molar refractivity (Wildman–Crippen MR) is 110 cm³/mol. The van der Waals surface area contributed by atoms with Crippen LogP contribution in [0.2, 0.25) is 0 Å². The maximum Gasteiger partial charge on any atom is 0.234 e. The van der Waals surface area contributed by atoms with E-state index in [0.717, 1.165) is 69.3 Å². The number of rotatable bonds is 12. The fourth-order valence-corrected chi connectivity index (χ4v) is 3.11. The van der Waals surface area contributed by atoms with Crippen LogP contribution in [0.5, 0.6) is 11.5 Å². The second-order valence-electron chi connectivity index (χ2n) is 7.16. The lowest BCUT2D eigenvalue weighted by Crippen LogP contribution is -2.38. The molecule has 1 aliphatic rings. The smallest absolute Gasteiger partial charge is 0.234 e. The van der Waals surface area contributed by atoms with Crippen molar-refractivity contribution in [1.29, 1.82) is 0 Å². The molecule has 1 amide bonds. The van der Waals surface area contributed by atoms with Gasteiger partial charge in [-0.15, -0.1) is 0 Å². The molecule has 0 atom stereocenters. The summed E-state index contributed by atoms with van der Waals surface area (Å²) >= 11 is 0. The number of nitrogens with one attached hydrogen (secondary N) is 1. The van der Waals surface area contributed by atoms with E-state index in [2.05, 4.69) is 17.1 Å². The number of amides is 1. The molecule has 1 saturated heterocycles. The summed E-state index contributed by atoms with van der Waals surface area (Å²) < 4.78 is 16.8. The van der Waals surface area contributed by atoms with Crippen LogP contribution in [-0.2, 0) is 16.1 Å². The zero-order valence-corrected chi connectivity index (χ0v) is 17.5. The summed E-state index contributed by atoms with van der Waals surface area (Å²) in [5.74, 6) is 1.53. The van der Waals surface area contributed by atoms with E-state index in [1.165, 1.54) is 0 Å². The van der Waals surface area contributed by atoms with Crippen LogP contribution < -0.4 is 14.8 Å². The number of nitrogens with zero attached hydrogens (tertiary/aromatic N) is 2. The molecule has 28 heavy (non-hydrogen) atoms. The topological polar surface area (TPSA) is 63.3 Å². The maximum absolute atomic E-state index is 12.0. The van der Waals surface area contributed by atoms with Crippen LogP contribution in [0.1, 0.15) is 25.3 Å². The Labute approximate surface area is 168 Å². The van der Waals surface area contributed by atoms with Gasteiger partial charge in [0, 0.05) is 32.7 Å². The van der Waals surface area contributed by atoms with Crippen LogP contribution in [0.15, 0.2) is 18.2 Å². The molecule has 0 unspecified atom stereocenters. The monoisotopic (exact) mass is 393 g/mol. The van der Waals surface area contributed by atoms with Crippen molar-refractivity contribution in [1.82, 2.24) is 15.1 Å². The van der Waals surface area contributed by atoms with Gasteiger partial charge in [-0.3, -0.25) is 14.6 Å². The molecule has 0 bridgehead atoms. The van der Waals surface area contributed by atoms with E-state index in [1.807, 2.05) is 30.1 Å². The van der Waals surface area contributed by atoms with Crippen molar-refractivity contribution in [2.75, 3.05) is 66.7 Å². The van der Waals surface area contributed by atoms with E-state index >= 15 is 0 Å². The van der Waals surface area contributed by atoms with Crippen molar-refractivity contribution in [3.05, 3.63) is 23.8 Å². The summed E-state index contributed by atoms with van der Waals surface area (Å²) in [6.07, 6.45) is 2.09. The first-order chi connectivity index (χ1) is 13.6. The molecule has 7 heteroatoms. The lowest BCUT2D eigenvalue weighted by Gasteiger charge is -2.26. The number of hydrogen-bond donors (Lipinski definition) is 1. The molecule has 7 nitrogen and oxygen atoms in total. The van der Waals surface area contributed by atoms with Gasteiger partial charge in [-0.25, -0.2) is 0 Å². The van der Waals surface area contributed by atoms with E-state index < -0.39 is 0 Å². The number of carbonyl (C=O) groups is 1. The number of likely N-dealkylation sites (N-methyl/N-ethyl adjacent to an activating group) is 1. The number of unbranched alkanes of at least 4 members (excludes halogenated alkanes) is 1. The average Bonchev–Trinajstić information content (AvgIpc) is 2.69. The normalized spacial score (nSPS) is 14.9. The maximum atomic E-state index is 12.0. The van der Waals surface area contributed by atoms with Crippen LogP contribution >= 0.6 is 0 Å². The van der Waals surface area contributed by atoms with Crippen molar-refractivity contribution in [2.24, 2.45) is 0 Å². The van der Waals surface area contributed by atoms with Gasteiger partial charge < -0.3 is 19.5 Å². The van der Waals surface area contributed by atoms with Gasteiger partial charge in [-0.05, 0) is 31.2 Å². The summed E-state index contributed by atoms with van der Waals surface area (Å²) in [6.45, 7) is 8.86. The van der Waals surface area contributed by atoms with Gasteiger partial charge >= 0.3 is 0 Å². The molecule has 0 spiro atoms. The zero-order valence-electron chi connectivity index (χ0n) is 17.5. The summed E-state index contributed by atoms with van der Waals surface area (Å²) in [4.78, 5) is 16.3. The molecular formula is C21H35N3O4. The third-order valence-corrected chi connectivity index (χ3v) is 4.72. The van der Waals surface area contributed by atoms with E-state index in [0.29, 0.717) is 19.7 Å². The molecule has 2 rings (SSSR count). The molecule has 1 aromatic carbocycles. The van der Waals surface area contributed by atoms with Crippen LogP contribution in [0.4, 0.5) is 0 Å². The standard InChI is InChI=1S/C21H35N3O4/c1-4-5-8-22-21(25)17-23(2)16-18-6-7-19(26-3)20(15-18)28-14-11-24-9-12-27-13-10-24/h6-7,15H,4-5,8-14,16-17H2,1-3H3,(H,22,25). The average molecular weight is 394 g/mol. The zero-order chi connectivity index (χ0) is 20.2. The first-order valence-corrected chi connectivity index (χ1v) is 10.2. The Balaban J connectivity index is 1.83. The number of carbonyl (C=O) groups excluding carboxylic acids is 1. The predicted octanol–water partition coefficient (Wildman–Crippen LogP) is 1.75. The number of ether oxygens (including phenoxy) is 3. The van der Waals surface area contributed by atoms with Crippen molar-refractivity contribution >= 4 is 5.91 Å². The molecule has 1 aromatic rings. The fourth-order valence-electron chi connectivity index (χ4n) is 3.11. The number of methoxy groups -OCH3 is 1. The quantitative estimate of drug-likeness (QED) is 0.546. The summed E-state index contributed by atoms with van der Waals surface area (Å²) in [7, 11) is 3.60. The summed E-state index contributed by atoms with van der Waals surface area (Å²) in [5.41, 5.74) is 1.09. The van der Waals surface area contributed by atoms with Gasteiger partial charge in [0.1, 0.15) is 6.61 Å². The second kappa shape index (κ2) is 12.6. The van der Waals surface area contributed by atoms with Gasteiger partial charge in [0.25, 0.3) is 0 Å². The summed E-state index contributed by atoms with van der Waals surface area (Å²) in [5, 5.41) is 2.95. The molecule has 1 N–H and O–H groups in total. The molecule has 1 fully saturated rings. The highest BCUT2D eigenvalue weighted by atomic mass is 16.5. The fraction of sp³-hybridized carbons (Fsp3) is 0.667. The molecular weight excluding hydrogens is 358 g/mol. The number of benzene rings is 1. The van der Waals surface area contributed by atoms with Crippen LogP contribution in [0.25, 0.3) is 0 Å². The third kappa shape index (κ3) is 8.04. The van der Waals surface area contributed by atoms with Crippen LogP contribution in [0, 0.1) is 0 Å². The van der Waals surface area contributed by atoms with Gasteiger partial charge in [0.05, 0.1) is 26.9 Å². The number of morpholine rings is 1. The van der Waals surface area contributed by atoms with Crippen molar-refractivity contribution in [2.45, 2.75) is 26.3 Å². The minimum absolute atomic E-state index is 0.0615. The third-order valence-electron chi connectivity index (χ3n) is 4.72. The van der Waals surface area contributed by atoms with E-state index in [1.54, 1.807) is 7.11 Å². The SMILES string of the molecule is CCCCNC(=O)CN(C)Cc1ccc(OC)c(OCCN2CCOCC2)c1. The van der Waals surface area contributed by atoms with Crippen LogP contribution in [0.3, 0.4) is 0 Å². The Morgan fingerprint density at radius 1 is 1.29 bits per heavy atom. The van der Waals surface area contributed by atoms with Crippen molar-refractivity contribution < 1.29 is 19.0 Å². The van der Waals surface area contributed by atoms with Crippen molar-refractivity contribution in [3.8, 4) is 11.5 Å². The molecule has 0 aromatic heterocycles. The minimum Gasteiger partial charge on any atom is -0.493 e. The van der Waals surface area contributed by atoms with Gasteiger partial charge in [-0.2, -0.15) is 0 Å². The first-order valence-electron chi connectivity index (χ1n) is 10.2. The number of hydrogen-bond acceptors (Lipinski definition) is 6. The van der Waals surface area contributed by atoms with E-state index in [-0.39, 0.29) is 5.91 Å². The van der Waals surface area contributed by atoms with Gasteiger partial charge in [0.15, 0.2) is 11.5 Å². The lowest BCUT2D eigenvalue weighted by atomic mass is 10.2. The first kappa shape index (κ1) is 22.5. The van der Waals surface area contributed by atoms with Gasteiger partial charge in [0.2, 0.25) is 5.91 Å². The van der Waals surface area contributed by atoms with Crippen LogP contribution in [-0.4, -0.2) is 82.4 Å². The molecule has 158 valence electrons. The minimum atomic E-state index is 0.0615. The van der Waals surface area contributed by atoms with Gasteiger partial charge in [-0.1, -0.05) is 19.4 Å². The Morgan fingerprint density at radius 2 is 2.07 bits per heavy atom.